The molecule has 2 heterocycles. The van der Waals surface area contributed by atoms with Crippen LogP contribution in [0.2, 0.25) is 0 Å². The molecule has 108 valence electrons. The number of hydrogen-bond donors (Lipinski definition) is 3. The fourth-order valence-electron chi connectivity index (χ4n) is 1.83. The minimum Gasteiger partial charge on any atom is -0.479 e. The Morgan fingerprint density at radius 3 is 2.85 bits per heavy atom. The summed E-state index contributed by atoms with van der Waals surface area (Å²) < 4.78 is 0. The number of carbonyl (C=O) groups excluding carboxylic acids is 1. The Kier molecular flexibility index (Phi) is 3.95. The highest BCUT2D eigenvalue weighted by Gasteiger charge is 2.51. The van der Waals surface area contributed by atoms with Crippen molar-refractivity contribution < 1.29 is 29.4 Å². The zero-order valence-electron chi connectivity index (χ0n) is 10.1. The Morgan fingerprint density at radius 2 is 2.25 bits per heavy atom. The van der Waals surface area contributed by atoms with Gasteiger partial charge >= 0.3 is 11.9 Å². The zero-order valence-corrected chi connectivity index (χ0v) is 10.9. The summed E-state index contributed by atoms with van der Waals surface area (Å²) in [5.74, 6) is -2.63. The van der Waals surface area contributed by atoms with Crippen molar-refractivity contribution in [3.05, 3.63) is 11.3 Å². The Morgan fingerprint density at radius 1 is 1.55 bits per heavy atom. The molecule has 1 saturated heterocycles. The van der Waals surface area contributed by atoms with E-state index >= 15 is 0 Å². The first kappa shape index (κ1) is 14.3. The van der Waals surface area contributed by atoms with Gasteiger partial charge in [0.25, 0.3) is 0 Å². The highest BCUT2D eigenvalue weighted by molar-refractivity contribution is 8.00. The molecule has 0 spiro atoms. The van der Waals surface area contributed by atoms with Gasteiger partial charge in [0.05, 0.1) is 6.21 Å². The average Bonchev–Trinajstić information content (AvgIpc) is 2.41. The van der Waals surface area contributed by atoms with Crippen LogP contribution in [-0.4, -0.2) is 62.9 Å². The SMILES string of the molecule is N[C@@H]1C(=O)N2C(C(=O)O)=C(C=NOCC(=O)O)CS[C@H]12. The minimum absolute atomic E-state index is 0.192. The molecular formula is C10H11N3O6S. The Bertz CT molecular complexity index is 531. The number of thioether (sulfide) groups is 1. The second-order valence-electron chi connectivity index (χ2n) is 4.02. The lowest BCUT2D eigenvalue weighted by Crippen LogP contribution is -2.68. The topological polar surface area (TPSA) is 143 Å². The summed E-state index contributed by atoms with van der Waals surface area (Å²) in [6, 6.07) is -0.698. The van der Waals surface area contributed by atoms with Gasteiger partial charge in [0.15, 0.2) is 0 Å². The van der Waals surface area contributed by atoms with Gasteiger partial charge in [-0.1, -0.05) is 5.16 Å². The molecule has 20 heavy (non-hydrogen) atoms. The lowest BCUT2D eigenvalue weighted by molar-refractivity contribution is -0.147. The summed E-state index contributed by atoms with van der Waals surface area (Å²) in [5.41, 5.74) is 5.66. The van der Waals surface area contributed by atoms with Crippen LogP contribution in [0.25, 0.3) is 0 Å². The first-order valence-corrected chi connectivity index (χ1v) is 6.52. The monoisotopic (exact) mass is 301 g/mol. The predicted molar refractivity (Wildman–Crippen MR) is 67.8 cm³/mol. The quantitative estimate of drug-likeness (QED) is 0.321. The summed E-state index contributed by atoms with van der Waals surface area (Å²) >= 11 is 1.31. The molecule has 0 aromatic rings. The number of aliphatic carboxylic acids is 2. The van der Waals surface area contributed by atoms with Gasteiger partial charge in [-0.05, 0) is 0 Å². The van der Waals surface area contributed by atoms with E-state index in [4.69, 9.17) is 10.8 Å². The van der Waals surface area contributed by atoms with Crippen molar-refractivity contribution in [1.29, 1.82) is 0 Å². The number of nitrogens with zero attached hydrogens (tertiary/aromatic N) is 2. The predicted octanol–water partition coefficient (Wildman–Crippen LogP) is -1.35. The molecule has 0 aliphatic carbocycles. The number of nitrogens with two attached hydrogens (primary N) is 1. The molecule has 1 amide bonds. The second-order valence-corrected chi connectivity index (χ2v) is 5.12. The van der Waals surface area contributed by atoms with Gasteiger partial charge in [-0.3, -0.25) is 9.69 Å². The third-order valence-corrected chi connectivity index (χ3v) is 4.04. The standard InChI is InChI=1S/C10H11N3O6S/c11-6-8(16)13-7(10(17)18)4(3-20-9(6)13)1-12-19-2-5(14)15/h1,6,9H,2-3,11H2,(H,14,15)(H,17,18)/t6-,9-/m1/s1. The number of rotatable bonds is 5. The molecule has 0 bridgehead atoms. The van der Waals surface area contributed by atoms with Crippen LogP contribution < -0.4 is 5.73 Å². The van der Waals surface area contributed by atoms with Crippen molar-refractivity contribution in [3.63, 3.8) is 0 Å². The maximum absolute atomic E-state index is 11.6. The molecule has 0 aromatic carbocycles. The van der Waals surface area contributed by atoms with Gasteiger partial charge in [0, 0.05) is 11.3 Å². The van der Waals surface area contributed by atoms with E-state index in [0.29, 0.717) is 5.75 Å². The molecule has 4 N–H and O–H groups in total. The highest BCUT2D eigenvalue weighted by Crippen LogP contribution is 2.38. The molecule has 2 atom stereocenters. The molecule has 9 nitrogen and oxygen atoms in total. The Balaban J connectivity index is 2.18. The van der Waals surface area contributed by atoms with Crippen molar-refractivity contribution in [2.45, 2.75) is 11.4 Å². The highest BCUT2D eigenvalue weighted by atomic mass is 32.2. The Hall–Kier alpha value is -2.07. The van der Waals surface area contributed by atoms with Crippen LogP contribution in [0.15, 0.2) is 16.4 Å². The van der Waals surface area contributed by atoms with Crippen molar-refractivity contribution in [2.24, 2.45) is 10.9 Å². The molecule has 0 unspecified atom stereocenters. The minimum atomic E-state index is -1.27. The molecule has 2 aliphatic rings. The van der Waals surface area contributed by atoms with Gasteiger partial charge in [-0.15, -0.1) is 11.8 Å². The number of carbonyl (C=O) groups is 3. The molecule has 0 aromatic heterocycles. The normalized spacial score (nSPS) is 25.4. The van der Waals surface area contributed by atoms with E-state index in [9.17, 15) is 19.5 Å². The van der Waals surface area contributed by atoms with Crippen LogP contribution in [-0.2, 0) is 19.2 Å². The van der Waals surface area contributed by atoms with Crippen LogP contribution in [0.1, 0.15) is 0 Å². The van der Waals surface area contributed by atoms with Crippen molar-refractivity contribution >= 4 is 35.8 Å². The summed E-state index contributed by atoms with van der Waals surface area (Å²) in [5, 5.41) is 20.5. The fourth-order valence-corrected chi connectivity index (χ4v) is 3.08. The van der Waals surface area contributed by atoms with E-state index in [2.05, 4.69) is 9.99 Å². The molecule has 2 aliphatic heterocycles. The molecule has 0 saturated carbocycles. The van der Waals surface area contributed by atoms with Gasteiger partial charge in [-0.25, -0.2) is 9.59 Å². The fraction of sp³-hybridized carbons (Fsp3) is 0.400. The van der Waals surface area contributed by atoms with Crippen LogP contribution >= 0.6 is 11.8 Å². The first-order chi connectivity index (χ1) is 9.43. The van der Waals surface area contributed by atoms with Crippen LogP contribution in [0.4, 0.5) is 0 Å². The third-order valence-electron chi connectivity index (χ3n) is 2.71. The van der Waals surface area contributed by atoms with Crippen LogP contribution in [0, 0.1) is 0 Å². The van der Waals surface area contributed by atoms with Gasteiger partial charge in [0.2, 0.25) is 12.5 Å². The summed E-state index contributed by atoms with van der Waals surface area (Å²) in [4.78, 5) is 38.7. The number of hydrogen-bond acceptors (Lipinski definition) is 7. The Labute approximate surface area is 117 Å². The zero-order chi connectivity index (χ0) is 14.9. The van der Waals surface area contributed by atoms with E-state index in [0.717, 1.165) is 11.1 Å². The largest absolute Gasteiger partial charge is 0.479 e. The molecule has 0 radical (unpaired) electrons. The van der Waals surface area contributed by atoms with Gasteiger partial charge in [-0.2, -0.15) is 0 Å². The summed E-state index contributed by atoms with van der Waals surface area (Å²) in [6.07, 6.45) is 1.10. The van der Waals surface area contributed by atoms with E-state index in [1.807, 2.05) is 0 Å². The van der Waals surface area contributed by atoms with Gasteiger partial charge < -0.3 is 20.8 Å². The number of β-lactam (4-membered cyclic amide) rings is 1. The van der Waals surface area contributed by atoms with Gasteiger partial charge in [0.1, 0.15) is 17.1 Å². The van der Waals surface area contributed by atoms with Crippen LogP contribution in [0.3, 0.4) is 0 Å². The van der Waals surface area contributed by atoms with E-state index in [1.165, 1.54) is 11.8 Å². The summed E-state index contributed by atoms with van der Waals surface area (Å²) in [6.45, 7) is -0.629. The maximum Gasteiger partial charge on any atom is 0.353 e. The number of carboxylic acids is 2. The number of oxime groups is 1. The molecular weight excluding hydrogens is 290 g/mol. The first-order valence-electron chi connectivity index (χ1n) is 5.47. The maximum atomic E-state index is 11.6. The van der Waals surface area contributed by atoms with Crippen molar-refractivity contribution in [3.8, 4) is 0 Å². The number of fused-ring (bicyclic) bond motifs is 1. The lowest BCUT2D eigenvalue weighted by Gasteiger charge is -2.47. The lowest BCUT2D eigenvalue weighted by atomic mass is 10.0. The third kappa shape index (κ3) is 2.47. The smallest absolute Gasteiger partial charge is 0.353 e. The van der Waals surface area contributed by atoms with Crippen molar-refractivity contribution in [2.75, 3.05) is 12.4 Å². The van der Waals surface area contributed by atoms with E-state index in [1.54, 1.807) is 0 Å². The van der Waals surface area contributed by atoms with Crippen LogP contribution in [0.5, 0.6) is 0 Å². The average molecular weight is 301 g/mol. The molecule has 10 heteroatoms. The van der Waals surface area contributed by atoms with Crippen molar-refractivity contribution in [1.82, 2.24) is 4.90 Å². The number of amides is 1. The van der Waals surface area contributed by atoms with E-state index in [-0.39, 0.29) is 16.6 Å². The number of carboxylic acid groups (broad SMARTS) is 2. The van der Waals surface area contributed by atoms with E-state index < -0.39 is 30.5 Å². The molecule has 1 fully saturated rings. The molecule has 2 rings (SSSR count). The second kappa shape index (κ2) is 5.51. The summed E-state index contributed by atoms with van der Waals surface area (Å²) in [7, 11) is 0.